The molecule has 29 heavy (non-hydrogen) atoms. The molecular weight excluding hydrogens is 386 g/mol. The van der Waals surface area contributed by atoms with Gasteiger partial charge in [0, 0.05) is 37.8 Å². The number of rotatable bonds is 7. The summed E-state index contributed by atoms with van der Waals surface area (Å²) in [6.07, 6.45) is 7.32. The van der Waals surface area contributed by atoms with Gasteiger partial charge in [0.2, 0.25) is 11.8 Å². The first-order chi connectivity index (χ1) is 13.6. The molecule has 5 nitrogen and oxygen atoms in total. The SMILES string of the molecule is CCCc1ccc(N2CC(C(=O)N3CCC(NCC4CC4)CC3)CC2=O)cc1.Cl. The highest BCUT2D eigenvalue weighted by atomic mass is 35.5. The highest BCUT2D eigenvalue weighted by molar-refractivity contribution is 6.00. The number of benzene rings is 1. The van der Waals surface area contributed by atoms with Gasteiger partial charge in [-0.3, -0.25) is 9.59 Å². The van der Waals surface area contributed by atoms with Gasteiger partial charge < -0.3 is 15.1 Å². The quantitative estimate of drug-likeness (QED) is 0.736. The number of hydrogen-bond donors (Lipinski definition) is 1. The molecule has 0 bridgehead atoms. The third-order valence-electron chi connectivity index (χ3n) is 6.46. The Balaban J connectivity index is 0.00000240. The Morgan fingerprint density at radius 1 is 1.10 bits per heavy atom. The lowest BCUT2D eigenvalue weighted by Crippen LogP contribution is -2.47. The van der Waals surface area contributed by atoms with Crippen LogP contribution in [-0.4, -0.2) is 48.9 Å². The predicted octanol–water partition coefficient (Wildman–Crippen LogP) is 3.40. The van der Waals surface area contributed by atoms with Gasteiger partial charge in [0.15, 0.2) is 0 Å². The average Bonchev–Trinajstić information content (AvgIpc) is 3.47. The Kier molecular flexibility index (Phi) is 7.58. The summed E-state index contributed by atoms with van der Waals surface area (Å²) in [7, 11) is 0. The van der Waals surface area contributed by atoms with Crippen LogP contribution in [0.4, 0.5) is 5.69 Å². The van der Waals surface area contributed by atoms with Crippen LogP contribution in [0.25, 0.3) is 0 Å². The minimum atomic E-state index is -0.196. The van der Waals surface area contributed by atoms with Crippen LogP contribution >= 0.6 is 12.4 Å². The van der Waals surface area contributed by atoms with Crippen LogP contribution < -0.4 is 10.2 Å². The standard InChI is InChI=1S/C23H33N3O2.ClH/c1-2-3-17-6-8-21(9-7-17)26-16-19(14-22(26)27)23(28)25-12-10-20(11-13-25)24-15-18-4-5-18;/h6-9,18-20,24H,2-5,10-16H2,1H3;1H. The van der Waals surface area contributed by atoms with Crippen LogP contribution in [-0.2, 0) is 16.0 Å². The Bertz CT molecular complexity index is 697. The number of aryl methyl sites for hydroxylation is 1. The van der Waals surface area contributed by atoms with E-state index in [-0.39, 0.29) is 30.1 Å². The minimum absolute atomic E-state index is 0. The summed E-state index contributed by atoms with van der Waals surface area (Å²) in [4.78, 5) is 29.3. The summed E-state index contributed by atoms with van der Waals surface area (Å²) in [5, 5.41) is 3.66. The zero-order valence-electron chi connectivity index (χ0n) is 17.4. The smallest absolute Gasteiger partial charge is 0.228 e. The molecule has 0 aromatic heterocycles. The van der Waals surface area contributed by atoms with Crippen molar-refractivity contribution in [2.75, 3.05) is 31.1 Å². The van der Waals surface area contributed by atoms with Gasteiger partial charge in [-0.15, -0.1) is 12.4 Å². The predicted molar refractivity (Wildman–Crippen MR) is 118 cm³/mol. The van der Waals surface area contributed by atoms with Gasteiger partial charge in [0.05, 0.1) is 5.92 Å². The summed E-state index contributed by atoms with van der Waals surface area (Å²) in [6, 6.07) is 8.79. The second kappa shape index (κ2) is 9.94. The van der Waals surface area contributed by atoms with Crippen molar-refractivity contribution in [3.05, 3.63) is 29.8 Å². The van der Waals surface area contributed by atoms with Crippen molar-refractivity contribution in [2.24, 2.45) is 11.8 Å². The summed E-state index contributed by atoms with van der Waals surface area (Å²) in [5.74, 6) is 0.937. The van der Waals surface area contributed by atoms with Crippen molar-refractivity contribution in [1.82, 2.24) is 10.2 Å². The van der Waals surface area contributed by atoms with Crippen molar-refractivity contribution < 1.29 is 9.59 Å². The lowest BCUT2D eigenvalue weighted by molar-refractivity contribution is -0.136. The topological polar surface area (TPSA) is 52.7 Å². The maximum Gasteiger partial charge on any atom is 0.228 e. The monoisotopic (exact) mass is 419 g/mol. The molecular formula is C23H34ClN3O2. The van der Waals surface area contributed by atoms with E-state index in [2.05, 4.69) is 24.4 Å². The van der Waals surface area contributed by atoms with Crippen LogP contribution in [0, 0.1) is 11.8 Å². The Morgan fingerprint density at radius 2 is 1.79 bits per heavy atom. The molecule has 0 spiro atoms. The Morgan fingerprint density at radius 3 is 2.41 bits per heavy atom. The number of carbonyl (C=O) groups is 2. The average molecular weight is 420 g/mol. The largest absolute Gasteiger partial charge is 0.342 e. The third-order valence-corrected chi connectivity index (χ3v) is 6.46. The van der Waals surface area contributed by atoms with Crippen molar-refractivity contribution in [1.29, 1.82) is 0 Å². The van der Waals surface area contributed by atoms with E-state index in [4.69, 9.17) is 0 Å². The van der Waals surface area contributed by atoms with Crippen LogP contribution in [0.2, 0.25) is 0 Å². The lowest BCUT2D eigenvalue weighted by Gasteiger charge is -2.34. The fourth-order valence-corrected chi connectivity index (χ4v) is 4.47. The highest BCUT2D eigenvalue weighted by Gasteiger charge is 2.38. The number of anilines is 1. The van der Waals surface area contributed by atoms with Gasteiger partial charge in [-0.25, -0.2) is 0 Å². The highest BCUT2D eigenvalue weighted by Crippen LogP contribution is 2.29. The fourth-order valence-electron chi connectivity index (χ4n) is 4.47. The zero-order chi connectivity index (χ0) is 19.5. The van der Waals surface area contributed by atoms with Crippen LogP contribution in [0.1, 0.15) is 51.0 Å². The number of likely N-dealkylation sites (tertiary alicyclic amines) is 1. The molecule has 6 heteroatoms. The Hall–Kier alpha value is -1.59. The first kappa shape index (κ1) is 22.1. The van der Waals surface area contributed by atoms with E-state index in [1.165, 1.54) is 18.4 Å². The molecule has 2 heterocycles. The second-order valence-corrected chi connectivity index (χ2v) is 8.77. The maximum atomic E-state index is 13.0. The second-order valence-electron chi connectivity index (χ2n) is 8.77. The first-order valence-electron chi connectivity index (χ1n) is 11.1. The number of amides is 2. The molecule has 2 saturated heterocycles. The molecule has 0 radical (unpaired) electrons. The van der Waals surface area contributed by atoms with E-state index >= 15 is 0 Å². The van der Waals surface area contributed by atoms with Crippen molar-refractivity contribution in [2.45, 2.75) is 57.9 Å². The number of hydrogen-bond acceptors (Lipinski definition) is 3. The molecule has 160 valence electrons. The molecule has 2 amide bonds. The van der Waals surface area contributed by atoms with E-state index in [0.717, 1.165) is 56.9 Å². The number of nitrogens with zero attached hydrogens (tertiary/aromatic N) is 2. The summed E-state index contributed by atoms with van der Waals surface area (Å²) < 4.78 is 0. The normalized spacial score (nSPS) is 22.7. The van der Waals surface area contributed by atoms with Crippen molar-refractivity contribution in [3.8, 4) is 0 Å². The van der Waals surface area contributed by atoms with Crippen LogP contribution in [0.15, 0.2) is 24.3 Å². The third kappa shape index (κ3) is 5.52. The molecule has 1 saturated carbocycles. The van der Waals surface area contributed by atoms with E-state index in [9.17, 15) is 9.59 Å². The number of piperidine rings is 1. The van der Waals surface area contributed by atoms with Gasteiger partial charge in [0.25, 0.3) is 0 Å². The number of halogens is 1. The summed E-state index contributed by atoms with van der Waals surface area (Å²) in [6.45, 7) is 5.46. The molecule has 3 fully saturated rings. The summed E-state index contributed by atoms with van der Waals surface area (Å²) in [5.41, 5.74) is 2.21. The van der Waals surface area contributed by atoms with E-state index in [0.29, 0.717) is 19.0 Å². The lowest BCUT2D eigenvalue weighted by atomic mass is 10.0. The summed E-state index contributed by atoms with van der Waals surface area (Å²) >= 11 is 0. The van der Waals surface area contributed by atoms with Crippen LogP contribution in [0.3, 0.4) is 0 Å². The molecule has 1 N–H and O–H groups in total. The van der Waals surface area contributed by atoms with Crippen LogP contribution in [0.5, 0.6) is 0 Å². The molecule has 3 aliphatic rings. The molecule has 1 atom stereocenters. The van der Waals surface area contributed by atoms with E-state index in [1.807, 2.05) is 17.0 Å². The molecule has 4 rings (SSSR count). The molecule has 1 unspecified atom stereocenters. The van der Waals surface area contributed by atoms with Gasteiger partial charge in [-0.2, -0.15) is 0 Å². The molecule has 1 aliphatic carbocycles. The van der Waals surface area contributed by atoms with E-state index < -0.39 is 0 Å². The van der Waals surface area contributed by atoms with Gasteiger partial charge in [0.1, 0.15) is 0 Å². The van der Waals surface area contributed by atoms with Gasteiger partial charge in [-0.1, -0.05) is 25.5 Å². The first-order valence-corrected chi connectivity index (χ1v) is 11.1. The Labute approximate surface area is 180 Å². The van der Waals surface area contributed by atoms with Crippen molar-refractivity contribution >= 4 is 29.9 Å². The maximum absolute atomic E-state index is 13.0. The van der Waals surface area contributed by atoms with E-state index in [1.54, 1.807) is 4.90 Å². The number of nitrogens with one attached hydrogen (secondary N) is 1. The minimum Gasteiger partial charge on any atom is -0.342 e. The molecule has 1 aromatic rings. The molecule has 2 aliphatic heterocycles. The molecule has 1 aromatic carbocycles. The van der Waals surface area contributed by atoms with Gasteiger partial charge in [-0.05, 0) is 62.3 Å². The van der Waals surface area contributed by atoms with Gasteiger partial charge >= 0.3 is 0 Å². The number of carbonyl (C=O) groups excluding carboxylic acids is 2. The fraction of sp³-hybridized carbons (Fsp3) is 0.652. The van der Waals surface area contributed by atoms with Crippen molar-refractivity contribution in [3.63, 3.8) is 0 Å². The zero-order valence-corrected chi connectivity index (χ0v) is 18.3.